The molecule has 0 bridgehead atoms. The normalized spacial score (nSPS) is 20.3. The lowest BCUT2D eigenvalue weighted by atomic mass is 9.95. The lowest BCUT2D eigenvalue weighted by Gasteiger charge is -2.28. The van der Waals surface area contributed by atoms with Gasteiger partial charge in [0.2, 0.25) is 11.8 Å². The van der Waals surface area contributed by atoms with Crippen LogP contribution in [0.1, 0.15) is 25.3 Å². The van der Waals surface area contributed by atoms with Gasteiger partial charge in [-0.15, -0.1) is 0 Å². The Morgan fingerprint density at radius 1 is 1.37 bits per heavy atom. The number of aromatic amines is 1. The van der Waals surface area contributed by atoms with Gasteiger partial charge in [0, 0.05) is 36.7 Å². The van der Waals surface area contributed by atoms with Crippen molar-refractivity contribution in [1.82, 2.24) is 15.6 Å². The molecule has 2 aromatic rings. The van der Waals surface area contributed by atoms with Gasteiger partial charge >= 0.3 is 0 Å². The number of para-hydroxylation sites is 1. The average Bonchev–Trinajstić information content (AvgIpc) is 3.32. The molecule has 2 heterocycles. The van der Waals surface area contributed by atoms with Crippen LogP contribution in [-0.2, 0) is 20.7 Å². The Hall–Kier alpha value is -2.38. The topological polar surface area (TPSA) is 109 Å². The molecule has 0 radical (unpaired) electrons. The predicted molar refractivity (Wildman–Crippen MR) is 104 cm³/mol. The van der Waals surface area contributed by atoms with Crippen LogP contribution in [-0.4, -0.2) is 48.6 Å². The molecule has 1 aliphatic heterocycles. The zero-order valence-electron chi connectivity index (χ0n) is 15.8. The summed E-state index contributed by atoms with van der Waals surface area (Å²) in [7, 11) is 1.62. The summed E-state index contributed by atoms with van der Waals surface area (Å²) in [5.74, 6) is -1.16. The first-order chi connectivity index (χ1) is 13.0. The van der Waals surface area contributed by atoms with Crippen LogP contribution in [0.5, 0.6) is 0 Å². The Morgan fingerprint density at radius 3 is 2.81 bits per heavy atom. The average molecular weight is 372 g/mol. The second-order valence-electron chi connectivity index (χ2n) is 7.22. The number of rotatable bonds is 8. The SMILES string of the molecule is CO[C@@H](C1CCCN1)[C@@H](C)C(=O)NC(Cc1c[nH]c2ccccc12)C(N)=O. The molecule has 1 aromatic heterocycles. The number of nitrogens with two attached hydrogens (primary N) is 1. The van der Waals surface area contributed by atoms with E-state index in [9.17, 15) is 9.59 Å². The number of carbonyl (C=O) groups is 2. The molecule has 7 heteroatoms. The number of hydrogen-bond donors (Lipinski definition) is 4. The first-order valence-corrected chi connectivity index (χ1v) is 9.42. The molecule has 1 saturated heterocycles. The van der Waals surface area contributed by atoms with E-state index in [1.807, 2.05) is 37.4 Å². The van der Waals surface area contributed by atoms with Crippen LogP contribution in [0.25, 0.3) is 10.9 Å². The fraction of sp³-hybridized carbons (Fsp3) is 0.500. The van der Waals surface area contributed by atoms with Gasteiger partial charge in [0.1, 0.15) is 6.04 Å². The van der Waals surface area contributed by atoms with Crippen molar-refractivity contribution in [1.29, 1.82) is 0 Å². The Bertz CT molecular complexity index is 797. The molecule has 1 aliphatic rings. The molecular formula is C20H28N4O3. The largest absolute Gasteiger partial charge is 0.379 e. The maximum absolute atomic E-state index is 12.8. The van der Waals surface area contributed by atoms with E-state index in [-0.39, 0.29) is 18.1 Å². The molecule has 146 valence electrons. The molecule has 0 aliphatic carbocycles. The number of aromatic nitrogens is 1. The zero-order chi connectivity index (χ0) is 19.4. The van der Waals surface area contributed by atoms with Crippen LogP contribution in [0.4, 0.5) is 0 Å². The van der Waals surface area contributed by atoms with Gasteiger partial charge in [0.15, 0.2) is 0 Å². The quantitative estimate of drug-likeness (QED) is 0.556. The second kappa shape index (κ2) is 8.54. The van der Waals surface area contributed by atoms with Crippen LogP contribution < -0.4 is 16.4 Å². The van der Waals surface area contributed by atoms with E-state index >= 15 is 0 Å². The summed E-state index contributed by atoms with van der Waals surface area (Å²) in [5, 5.41) is 7.22. The van der Waals surface area contributed by atoms with E-state index in [4.69, 9.17) is 10.5 Å². The summed E-state index contributed by atoms with van der Waals surface area (Å²) in [6.07, 6.45) is 4.01. The molecule has 4 atom stereocenters. The fourth-order valence-corrected chi connectivity index (χ4v) is 3.90. The van der Waals surface area contributed by atoms with Gasteiger partial charge in [0.25, 0.3) is 0 Å². The summed E-state index contributed by atoms with van der Waals surface area (Å²) >= 11 is 0. The predicted octanol–water partition coefficient (Wildman–Crippen LogP) is 1.08. The van der Waals surface area contributed by atoms with E-state index in [0.29, 0.717) is 6.42 Å². The maximum Gasteiger partial charge on any atom is 0.240 e. The fourth-order valence-electron chi connectivity index (χ4n) is 3.90. The monoisotopic (exact) mass is 372 g/mol. The lowest BCUT2D eigenvalue weighted by molar-refractivity contribution is -0.133. The van der Waals surface area contributed by atoms with Gasteiger partial charge in [-0.25, -0.2) is 0 Å². The second-order valence-corrected chi connectivity index (χ2v) is 7.22. The molecule has 5 N–H and O–H groups in total. The number of methoxy groups -OCH3 is 1. The standard InChI is InChI=1S/C20H28N4O3/c1-12(18(27-2)16-8-5-9-22-16)20(26)24-17(19(21)25)10-13-11-23-15-7-4-3-6-14(13)15/h3-4,6-7,11-12,16-18,22-23H,5,8-10H2,1-2H3,(H2,21,25)(H,24,26)/t12-,16?,17?,18-/m1/s1. The van der Waals surface area contributed by atoms with Crippen LogP contribution in [0.2, 0.25) is 0 Å². The van der Waals surface area contributed by atoms with Gasteiger partial charge in [-0.3, -0.25) is 9.59 Å². The molecule has 1 fully saturated rings. The highest BCUT2D eigenvalue weighted by Gasteiger charge is 2.34. The van der Waals surface area contributed by atoms with Crippen molar-refractivity contribution in [3.05, 3.63) is 36.0 Å². The van der Waals surface area contributed by atoms with Crippen LogP contribution in [0.3, 0.4) is 0 Å². The number of carbonyl (C=O) groups excluding carboxylic acids is 2. The molecule has 2 unspecified atom stereocenters. The molecule has 27 heavy (non-hydrogen) atoms. The first kappa shape index (κ1) is 19.4. The summed E-state index contributed by atoms with van der Waals surface area (Å²) in [6, 6.07) is 7.22. The Balaban J connectivity index is 1.69. The van der Waals surface area contributed by atoms with E-state index in [0.717, 1.165) is 35.9 Å². The van der Waals surface area contributed by atoms with Gasteiger partial charge in [-0.2, -0.15) is 0 Å². The van der Waals surface area contributed by atoms with Crippen molar-refractivity contribution in [3.8, 4) is 0 Å². The van der Waals surface area contributed by atoms with Crippen LogP contribution >= 0.6 is 0 Å². The van der Waals surface area contributed by atoms with Crippen molar-refractivity contribution in [2.75, 3.05) is 13.7 Å². The van der Waals surface area contributed by atoms with Gasteiger partial charge in [-0.05, 0) is 31.0 Å². The van der Waals surface area contributed by atoms with Crippen LogP contribution in [0.15, 0.2) is 30.5 Å². The Morgan fingerprint density at radius 2 is 2.15 bits per heavy atom. The number of fused-ring (bicyclic) bond motifs is 1. The Labute approximate surface area is 159 Å². The first-order valence-electron chi connectivity index (χ1n) is 9.42. The number of primary amides is 1. The minimum absolute atomic E-state index is 0.149. The third-order valence-electron chi connectivity index (χ3n) is 5.43. The number of ether oxygens (including phenoxy) is 1. The van der Waals surface area contributed by atoms with E-state index in [1.165, 1.54) is 0 Å². The lowest BCUT2D eigenvalue weighted by Crippen LogP contribution is -2.52. The zero-order valence-corrected chi connectivity index (χ0v) is 15.8. The van der Waals surface area contributed by atoms with Crippen molar-refractivity contribution in [3.63, 3.8) is 0 Å². The summed E-state index contributed by atoms with van der Waals surface area (Å²) in [6.45, 7) is 2.76. The third-order valence-corrected chi connectivity index (χ3v) is 5.43. The highest BCUT2D eigenvalue weighted by molar-refractivity contribution is 5.89. The highest BCUT2D eigenvalue weighted by Crippen LogP contribution is 2.21. The van der Waals surface area contributed by atoms with Gasteiger partial charge < -0.3 is 26.1 Å². The molecule has 0 saturated carbocycles. The van der Waals surface area contributed by atoms with Crippen LogP contribution in [0, 0.1) is 5.92 Å². The number of H-pyrrole nitrogens is 1. The van der Waals surface area contributed by atoms with Gasteiger partial charge in [0.05, 0.1) is 12.0 Å². The molecule has 7 nitrogen and oxygen atoms in total. The summed E-state index contributed by atoms with van der Waals surface area (Å²) < 4.78 is 5.58. The molecule has 2 amide bonds. The van der Waals surface area contributed by atoms with Crippen molar-refractivity contribution in [2.24, 2.45) is 11.7 Å². The number of benzene rings is 1. The highest BCUT2D eigenvalue weighted by atomic mass is 16.5. The minimum atomic E-state index is -0.770. The van der Waals surface area contributed by atoms with Crippen molar-refractivity contribution < 1.29 is 14.3 Å². The van der Waals surface area contributed by atoms with Gasteiger partial charge in [-0.1, -0.05) is 25.1 Å². The van der Waals surface area contributed by atoms with E-state index in [2.05, 4.69) is 15.6 Å². The maximum atomic E-state index is 12.8. The Kier molecular flexibility index (Phi) is 6.13. The molecule has 3 rings (SSSR count). The summed E-state index contributed by atoms with van der Waals surface area (Å²) in [4.78, 5) is 27.9. The van der Waals surface area contributed by atoms with Crippen molar-refractivity contribution >= 4 is 22.7 Å². The van der Waals surface area contributed by atoms with Crippen molar-refractivity contribution in [2.45, 2.75) is 44.4 Å². The number of nitrogens with one attached hydrogen (secondary N) is 3. The number of hydrogen-bond acceptors (Lipinski definition) is 4. The smallest absolute Gasteiger partial charge is 0.240 e. The summed E-state index contributed by atoms with van der Waals surface area (Å²) in [5.41, 5.74) is 7.50. The van der Waals surface area contributed by atoms with E-state index in [1.54, 1.807) is 7.11 Å². The third kappa shape index (κ3) is 4.31. The molecular weight excluding hydrogens is 344 g/mol. The number of amides is 2. The molecule has 1 aromatic carbocycles. The minimum Gasteiger partial charge on any atom is -0.379 e. The molecule has 0 spiro atoms. The van der Waals surface area contributed by atoms with E-state index < -0.39 is 17.9 Å².